The van der Waals surface area contributed by atoms with Crippen LogP contribution in [0.1, 0.15) is 38.5 Å². The maximum atomic E-state index is 5.44. The highest BCUT2D eigenvalue weighted by molar-refractivity contribution is 14.0. The lowest BCUT2D eigenvalue weighted by Crippen LogP contribution is -2.41. The molecule has 0 aliphatic carbocycles. The molecule has 0 aromatic carbocycles. The van der Waals surface area contributed by atoms with Crippen LogP contribution in [0.15, 0.2) is 4.99 Å². The Hall–Kier alpha value is -0.0800. The van der Waals surface area contributed by atoms with E-state index in [1.807, 2.05) is 7.05 Å². The Morgan fingerprint density at radius 1 is 1.08 bits per heavy atom. The first-order valence-corrected chi connectivity index (χ1v) is 9.61. The van der Waals surface area contributed by atoms with Crippen molar-refractivity contribution in [3.05, 3.63) is 0 Å². The fourth-order valence-electron chi connectivity index (χ4n) is 4.26. The average Bonchev–Trinajstić information content (AvgIpc) is 3.25. The summed E-state index contributed by atoms with van der Waals surface area (Å²) in [5.41, 5.74) is 0. The molecule has 0 bridgehead atoms. The van der Waals surface area contributed by atoms with E-state index in [0.717, 1.165) is 44.1 Å². The summed E-state index contributed by atoms with van der Waals surface area (Å²) in [7, 11) is 1.92. The van der Waals surface area contributed by atoms with Crippen molar-refractivity contribution in [3.8, 4) is 0 Å². The van der Waals surface area contributed by atoms with E-state index >= 15 is 0 Å². The SMILES string of the molecule is CN=C(NCCC1CCOCC1)N1CCC(CN2CCCC2)C1.I. The number of halogens is 1. The topological polar surface area (TPSA) is 40.1 Å². The van der Waals surface area contributed by atoms with Gasteiger partial charge in [-0.15, -0.1) is 24.0 Å². The number of likely N-dealkylation sites (tertiary alicyclic amines) is 2. The van der Waals surface area contributed by atoms with E-state index < -0.39 is 0 Å². The molecule has 3 aliphatic heterocycles. The number of aliphatic imine (C=N–C) groups is 1. The number of hydrogen-bond donors (Lipinski definition) is 1. The van der Waals surface area contributed by atoms with Gasteiger partial charge in [-0.1, -0.05) is 0 Å². The van der Waals surface area contributed by atoms with E-state index in [1.54, 1.807) is 0 Å². The summed E-state index contributed by atoms with van der Waals surface area (Å²) in [6, 6.07) is 0. The van der Waals surface area contributed by atoms with Gasteiger partial charge in [-0.25, -0.2) is 0 Å². The molecule has 0 amide bonds. The van der Waals surface area contributed by atoms with Crippen LogP contribution in [0.5, 0.6) is 0 Å². The summed E-state index contributed by atoms with van der Waals surface area (Å²) in [6.07, 6.45) is 7.80. The van der Waals surface area contributed by atoms with Gasteiger partial charge < -0.3 is 19.9 Å². The minimum atomic E-state index is 0. The van der Waals surface area contributed by atoms with E-state index in [4.69, 9.17) is 4.74 Å². The molecule has 24 heavy (non-hydrogen) atoms. The summed E-state index contributed by atoms with van der Waals surface area (Å²) < 4.78 is 5.44. The molecule has 3 rings (SSSR count). The Balaban J connectivity index is 0.00000208. The van der Waals surface area contributed by atoms with Crippen LogP contribution >= 0.6 is 24.0 Å². The van der Waals surface area contributed by atoms with Crippen LogP contribution in [0, 0.1) is 11.8 Å². The fraction of sp³-hybridized carbons (Fsp3) is 0.944. The van der Waals surface area contributed by atoms with Crippen molar-refractivity contribution in [1.29, 1.82) is 0 Å². The zero-order valence-electron chi connectivity index (χ0n) is 15.2. The number of nitrogens with one attached hydrogen (secondary N) is 1. The first-order valence-electron chi connectivity index (χ1n) is 9.61. The van der Waals surface area contributed by atoms with Gasteiger partial charge >= 0.3 is 0 Å². The van der Waals surface area contributed by atoms with E-state index in [2.05, 4.69) is 20.1 Å². The summed E-state index contributed by atoms with van der Waals surface area (Å²) >= 11 is 0. The smallest absolute Gasteiger partial charge is 0.193 e. The predicted molar refractivity (Wildman–Crippen MR) is 110 cm³/mol. The molecule has 3 aliphatic rings. The van der Waals surface area contributed by atoms with Gasteiger partial charge in [0, 0.05) is 46.4 Å². The van der Waals surface area contributed by atoms with Crippen LogP contribution in [0.3, 0.4) is 0 Å². The van der Waals surface area contributed by atoms with Gasteiger partial charge in [0.1, 0.15) is 0 Å². The number of nitrogens with zero attached hydrogens (tertiary/aromatic N) is 3. The largest absolute Gasteiger partial charge is 0.381 e. The number of rotatable bonds is 5. The molecule has 0 aromatic heterocycles. The summed E-state index contributed by atoms with van der Waals surface area (Å²) in [6.45, 7) is 9.19. The Bertz CT molecular complexity index is 381. The highest BCUT2D eigenvalue weighted by atomic mass is 127. The van der Waals surface area contributed by atoms with Crippen molar-refractivity contribution < 1.29 is 4.74 Å². The molecule has 5 nitrogen and oxygen atoms in total. The second kappa shape index (κ2) is 10.8. The van der Waals surface area contributed by atoms with Crippen LogP contribution in [0.25, 0.3) is 0 Å². The van der Waals surface area contributed by atoms with Crippen molar-refractivity contribution in [1.82, 2.24) is 15.1 Å². The number of guanidine groups is 1. The summed E-state index contributed by atoms with van der Waals surface area (Å²) in [5.74, 6) is 2.76. The lowest BCUT2D eigenvalue weighted by Gasteiger charge is -2.25. The highest BCUT2D eigenvalue weighted by Gasteiger charge is 2.27. The predicted octanol–water partition coefficient (Wildman–Crippen LogP) is 2.41. The Morgan fingerprint density at radius 2 is 1.83 bits per heavy atom. The molecule has 3 heterocycles. The van der Waals surface area contributed by atoms with Crippen LogP contribution < -0.4 is 5.32 Å². The zero-order valence-corrected chi connectivity index (χ0v) is 17.5. The maximum absolute atomic E-state index is 5.44. The van der Waals surface area contributed by atoms with E-state index in [9.17, 15) is 0 Å². The van der Waals surface area contributed by atoms with Crippen molar-refractivity contribution in [2.24, 2.45) is 16.8 Å². The highest BCUT2D eigenvalue weighted by Crippen LogP contribution is 2.20. The van der Waals surface area contributed by atoms with Gasteiger partial charge in [0.2, 0.25) is 0 Å². The van der Waals surface area contributed by atoms with Gasteiger partial charge in [-0.05, 0) is 63.5 Å². The molecule has 1 N–H and O–H groups in total. The zero-order chi connectivity index (χ0) is 15.9. The third-order valence-electron chi connectivity index (χ3n) is 5.69. The molecule has 0 saturated carbocycles. The normalized spacial score (nSPS) is 26.6. The third-order valence-corrected chi connectivity index (χ3v) is 5.69. The standard InChI is InChI=1S/C18H34N4O.HI/c1-19-18(20-8-4-16-6-12-23-13-7-16)22-11-5-17(15-22)14-21-9-2-3-10-21;/h16-17H,2-15H2,1H3,(H,19,20);1H. The number of ether oxygens (including phenoxy) is 1. The van der Waals surface area contributed by atoms with Crippen LogP contribution in [-0.4, -0.2) is 75.3 Å². The lowest BCUT2D eigenvalue weighted by atomic mass is 9.97. The average molecular weight is 450 g/mol. The monoisotopic (exact) mass is 450 g/mol. The van der Waals surface area contributed by atoms with E-state index in [0.29, 0.717) is 0 Å². The van der Waals surface area contributed by atoms with E-state index in [-0.39, 0.29) is 24.0 Å². The molecule has 1 atom stereocenters. The van der Waals surface area contributed by atoms with Crippen LogP contribution in [0.2, 0.25) is 0 Å². The maximum Gasteiger partial charge on any atom is 0.193 e. The lowest BCUT2D eigenvalue weighted by molar-refractivity contribution is 0.0643. The first-order chi connectivity index (χ1) is 11.3. The molecule has 6 heteroatoms. The molecule has 3 saturated heterocycles. The van der Waals surface area contributed by atoms with Gasteiger partial charge in [-0.3, -0.25) is 4.99 Å². The van der Waals surface area contributed by atoms with Gasteiger partial charge in [-0.2, -0.15) is 0 Å². The summed E-state index contributed by atoms with van der Waals surface area (Å²) in [5, 5.41) is 3.59. The molecule has 0 aromatic rings. The minimum Gasteiger partial charge on any atom is -0.381 e. The van der Waals surface area contributed by atoms with Crippen molar-refractivity contribution in [3.63, 3.8) is 0 Å². The molecular weight excluding hydrogens is 415 g/mol. The second-order valence-corrected chi connectivity index (χ2v) is 7.43. The van der Waals surface area contributed by atoms with Crippen molar-refractivity contribution in [2.75, 3.05) is 59.5 Å². The fourth-order valence-corrected chi connectivity index (χ4v) is 4.26. The molecule has 0 radical (unpaired) electrons. The molecule has 0 spiro atoms. The van der Waals surface area contributed by atoms with Crippen molar-refractivity contribution in [2.45, 2.75) is 38.5 Å². The Kier molecular flexibility index (Phi) is 9.11. The van der Waals surface area contributed by atoms with Gasteiger partial charge in [0.25, 0.3) is 0 Å². The number of hydrogen-bond acceptors (Lipinski definition) is 3. The van der Waals surface area contributed by atoms with Gasteiger partial charge in [0.15, 0.2) is 5.96 Å². The van der Waals surface area contributed by atoms with Crippen LogP contribution in [-0.2, 0) is 4.74 Å². The molecule has 3 fully saturated rings. The molecule has 140 valence electrons. The first kappa shape index (κ1) is 20.2. The third kappa shape index (κ3) is 6.02. The van der Waals surface area contributed by atoms with E-state index in [1.165, 1.54) is 64.7 Å². The van der Waals surface area contributed by atoms with Crippen molar-refractivity contribution >= 4 is 29.9 Å². The minimum absolute atomic E-state index is 0. The quantitative estimate of drug-likeness (QED) is 0.397. The van der Waals surface area contributed by atoms with Crippen LogP contribution in [0.4, 0.5) is 0 Å². The Morgan fingerprint density at radius 3 is 2.54 bits per heavy atom. The second-order valence-electron chi connectivity index (χ2n) is 7.43. The molecular formula is C18H35IN4O. The molecule has 1 unspecified atom stereocenters. The summed E-state index contributed by atoms with van der Waals surface area (Å²) in [4.78, 5) is 9.62. The Labute approximate surface area is 164 Å². The van der Waals surface area contributed by atoms with Gasteiger partial charge in [0.05, 0.1) is 0 Å².